The number of nitrogens with zero attached hydrogens (tertiary/aromatic N) is 2. The van der Waals surface area contributed by atoms with E-state index in [4.69, 9.17) is 0 Å². The molecule has 9 heteroatoms. The summed E-state index contributed by atoms with van der Waals surface area (Å²) in [5.41, 5.74) is 0.942. The number of piperidine rings is 1. The molecule has 28 heavy (non-hydrogen) atoms. The third-order valence-corrected chi connectivity index (χ3v) is 6.58. The first-order valence-electron chi connectivity index (χ1n) is 9.23. The number of nitrogens with one attached hydrogen (secondary N) is 1. The van der Waals surface area contributed by atoms with Crippen LogP contribution >= 0.6 is 0 Å². The molecular weight excluding hydrogens is 388 g/mol. The van der Waals surface area contributed by atoms with E-state index in [1.807, 2.05) is 23.9 Å². The van der Waals surface area contributed by atoms with Gasteiger partial charge in [-0.15, -0.1) is 0 Å². The van der Waals surface area contributed by atoms with E-state index in [-0.39, 0.29) is 22.4 Å². The Morgan fingerprint density at radius 2 is 1.96 bits per heavy atom. The van der Waals surface area contributed by atoms with Gasteiger partial charge in [0, 0.05) is 31.0 Å². The molecule has 0 aliphatic carbocycles. The Hall–Kier alpha value is -2.00. The van der Waals surface area contributed by atoms with Gasteiger partial charge in [-0.1, -0.05) is 12.1 Å². The van der Waals surface area contributed by atoms with E-state index >= 15 is 0 Å². The van der Waals surface area contributed by atoms with Crippen LogP contribution < -0.4 is 5.32 Å². The lowest BCUT2D eigenvalue weighted by Gasteiger charge is -2.33. The Labute approximate surface area is 164 Å². The predicted molar refractivity (Wildman–Crippen MR) is 104 cm³/mol. The third-order valence-electron chi connectivity index (χ3n) is 4.98. The first kappa shape index (κ1) is 20.7. The average Bonchev–Trinajstić information content (AvgIpc) is 2.85. The molecule has 1 saturated heterocycles. The average molecular weight is 413 g/mol. The van der Waals surface area contributed by atoms with Gasteiger partial charge in [-0.2, -0.15) is 0 Å². The van der Waals surface area contributed by atoms with Crippen LogP contribution in [0.15, 0.2) is 28.5 Å². The van der Waals surface area contributed by atoms with Gasteiger partial charge >= 0.3 is 0 Å². The number of halogens is 2. The largest absolute Gasteiger partial charge is 0.381 e. The second-order valence-corrected chi connectivity index (χ2v) is 9.24. The number of hydrogen-bond acceptors (Lipinski definition) is 5. The molecule has 2 heterocycles. The summed E-state index contributed by atoms with van der Waals surface area (Å²) in [6.45, 7) is 1.56. The van der Waals surface area contributed by atoms with Crippen molar-refractivity contribution in [2.45, 2.75) is 36.6 Å². The maximum Gasteiger partial charge on any atom is 0.242 e. The van der Waals surface area contributed by atoms with Gasteiger partial charge in [-0.3, -0.25) is 4.79 Å². The van der Waals surface area contributed by atoms with E-state index in [1.54, 1.807) is 18.2 Å². The third kappa shape index (κ3) is 4.52. The van der Waals surface area contributed by atoms with Crippen LogP contribution in [0.3, 0.4) is 0 Å². The van der Waals surface area contributed by atoms with Crippen LogP contribution in [0.5, 0.6) is 0 Å². The van der Waals surface area contributed by atoms with Crippen LogP contribution in [0.4, 0.5) is 14.5 Å². The van der Waals surface area contributed by atoms with E-state index in [2.05, 4.69) is 5.32 Å². The zero-order chi connectivity index (χ0) is 20.5. The summed E-state index contributed by atoms with van der Waals surface area (Å²) in [6.07, 6.45) is -1.80. The molecule has 0 atom stereocenters. The highest BCUT2D eigenvalue weighted by atomic mass is 32.2. The number of likely N-dealkylation sites (tertiary alicyclic amines) is 1. The molecule has 154 valence electrons. The summed E-state index contributed by atoms with van der Waals surface area (Å²) in [4.78, 5) is 15.9. The Kier molecular flexibility index (Phi) is 6.04. The highest BCUT2D eigenvalue weighted by Gasteiger charge is 2.32. The zero-order valence-corrected chi connectivity index (χ0v) is 16.8. The van der Waals surface area contributed by atoms with Crippen molar-refractivity contribution in [2.75, 3.05) is 39.0 Å². The van der Waals surface area contributed by atoms with Crippen molar-refractivity contribution in [3.63, 3.8) is 0 Å². The molecule has 6 nitrogen and oxygen atoms in total. The lowest BCUT2D eigenvalue weighted by atomic mass is 10.0. The number of hydrogen-bond donors (Lipinski definition) is 1. The predicted octanol–water partition coefficient (Wildman–Crippen LogP) is 2.43. The molecule has 1 N–H and O–H groups in total. The number of carbonyl (C=O) groups is 1. The number of likely N-dealkylation sites (N-methyl/N-ethyl adjacent to an activating group) is 1. The van der Waals surface area contributed by atoms with Crippen LogP contribution in [0.2, 0.25) is 0 Å². The quantitative estimate of drug-likeness (QED) is 0.776. The minimum absolute atomic E-state index is 0.0178. The molecule has 1 fully saturated rings. The van der Waals surface area contributed by atoms with Crippen LogP contribution in [0, 0.1) is 0 Å². The van der Waals surface area contributed by atoms with Gasteiger partial charge in [-0.05, 0) is 44.1 Å². The summed E-state index contributed by atoms with van der Waals surface area (Å²) < 4.78 is 50.7. The highest BCUT2D eigenvalue weighted by Crippen LogP contribution is 2.41. The normalized spacial score (nSPS) is 19.1. The van der Waals surface area contributed by atoms with Crippen molar-refractivity contribution in [3.8, 4) is 0 Å². The Morgan fingerprint density at radius 1 is 1.29 bits per heavy atom. The van der Waals surface area contributed by atoms with E-state index in [9.17, 15) is 22.0 Å². The fourth-order valence-corrected chi connectivity index (χ4v) is 5.36. The van der Waals surface area contributed by atoms with Gasteiger partial charge in [0.2, 0.25) is 22.2 Å². The first-order chi connectivity index (χ1) is 13.2. The highest BCUT2D eigenvalue weighted by molar-refractivity contribution is 7.95. The molecule has 0 saturated carbocycles. The number of alkyl halides is 2. The maximum atomic E-state index is 12.8. The maximum absolute atomic E-state index is 12.8. The molecule has 0 bridgehead atoms. The second kappa shape index (κ2) is 8.16. The summed E-state index contributed by atoms with van der Waals surface area (Å²) in [7, 11) is -0.0551. The molecule has 1 aromatic carbocycles. The number of allylic oxidation sites excluding steroid dienone is 1. The number of rotatable bonds is 6. The number of carbonyl (C=O) groups excluding carboxylic acids is 1. The molecule has 2 aliphatic rings. The minimum Gasteiger partial charge on any atom is -0.381 e. The molecular formula is C19H25F2N3O3S. The van der Waals surface area contributed by atoms with E-state index < -0.39 is 22.7 Å². The van der Waals surface area contributed by atoms with Crippen molar-refractivity contribution >= 4 is 27.0 Å². The van der Waals surface area contributed by atoms with Gasteiger partial charge in [0.15, 0.2) is 0 Å². The second-order valence-electron chi connectivity index (χ2n) is 7.50. The number of anilines is 1. The topological polar surface area (TPSA) is 69.7 Å². The van der Waals surface area contributed by atoms with Crippen molar-refractivity contribution < 1.29 is 22.0 Å². The minimum atomic E-state index is -3.75. The lowest BCUT2D eigenvalue weighted by Crippen LogP contribution is -2.45. The Bertz CT molecular complexity index is 876. The van der Waals surface area contributed by atoms with Crippen LogP contribution in [-0.2, 0) is 14.6 Å². The fourth-order valence-electron chi connectivity index (χ4n) is 3.71. The SMILES string of the molecule is CN(C)CC(=O)N1CCC(Nc2cccc3c2S(=O)(=O)C=C3CC(F)F)CC1. The van der Waals surface area contributed by atoms with Crippen molar-refractivity contribution in [1.29, 1.82) is 0 Å². The molecule has 0 unspecified atom stereocenters. The summed E-state index contributed by atoms with van der Waals surface area (Å²) >= 11 is 0. The monoisotopic (exact) mass is 413 g/mol. The van der Waals surface area contributed by atoms with E-state index in [1.165, 1.54) is 0 Å². The molecule has 0 radical (unpaired) electrons. The molecule has 1 aromatic rings. The zero-order valence-electron chi connectivity index (χ0n) is 16.0. The molecule has 1 amide bonds. The van der Waals surface area contributed by atoms with Crippen LogP contribution in [0.25, 0.3) is 5.57 Å². The Morgan fingerprint density at radius 3 is 2.57 bits per heavy atom. The van der Waals surface area contributed by atoms with Gasteiger partial charge in [0.05, 0.1) is 12.2 Å². The van der Waals surface area contributed by atoms with Crippen molar-refractivity contribution in [2.24, 2.45) is 0 Å². The number of fused-ring (bicyclic) bond motifs is 1. The number of sulfone groups is 1. The molecule has 0 spiro atoms. The molecule has 0 aromatic heterocycles. The number of amides is 1. The lowest BCUT2D eigenvalue weighted by molar-refractivity contribution is -0.132. The van der Waals surface area contributed by atoms with Crippen LogP contribution in [-0.4, -0.2) is 70.3 Å². The van der Waals surface area contributed by atoms with Crippen LogP contribution in [0.1, 0.15) is 24.8 Å². The summed E-state index contributed by atoms with van der Waals surface area (Å²) in [6, 6.07) is 4.93. The fraction of sp³-hybridized carbons (Fsp3) is 0.526. The van der Waals surface area contributed by atoms with Gasteiger partial charge in [0.25, 0.3) is 0 Å². The van der Waals surface area contributed by atoms with Gasteiger partial charge in [-0.25, -0.2) is 17.2 Å². The van der Waals surface area contributed by atoms with Gasteiger partial charge < -0.3 is 15.1 Å². The smallest absolute Gasteiger partial charge is 0.242 e. The van der Waals surface area contributed by atoms with E-state index in [0.717, 1.165) is 5.41 Å². The first-order valence-corrected chi connectivity index (χ1v) is 10.8. The Balaban J connectivity index is 1.71. The number of benzene rings is 1. The summed E-state index contributed by atoms with van der Waals surface area (Å²) in [5, 5.41) is 4.22. The molecule has 3 rings (SSSR count). The summed E-state index contributed by atoms with van der Waals surface area (Å²) in [5.74, 6) is 0.0764. The standard InChI is InChI=1S/C19H25F2N3O3S/c1-23(2)11-18(25)24-8-6-14(7-9-24)22-16-5-3-4-15-13(10-17(20)21)12-28(26,27)19(15)16/h3-5,12,14,17,22H,6-11H2,1-2H3. The van der Waals surface area contributed by atoms with Crippen molar-refractivity contribution in [1.82, 2.24) is 9.80 Å². The van der Waals surface area contributed by atoms with E-state index in [0.29, 0.717) is 43.7 Å². The van der Waals surface area contributed by atoms with Crippen molar-refractivity contribution in [3.05, 3.63) is 29.2 Å². The molecule has 2 aliphatic heterocycles. The van der Waals surface area contributed by atoms with Gasteiger partial charge in [0.1, 0.15) is 4.90 Å².